The molecule has 0 amide bonds. The molecule has 4 nitrogen and oxygen atoms in total. The van der Waals surface area contributed by atoms with Crippen LogP contribution in [0.25, 0.3) is 0 Å². The lowest BCUT2D eigenvalue weighted by molar-refractivity contribution is 0.0153. The second-order valence-electron chi connectivity index (χ2n) is 3.87. The van der Waals surface area contributed by atoms with E-state index in [0.717, 1.165) is 39.0 Å². The van der Waals surface area contributed by atoms with Crippen molar-refractivity contribution in [2.75, 3.05) is 26.2 Å². The van der Waals surface area contributed by atoms with Gasteiger partial charge in [-0.3, -0.25) is 0 Å². The van der Waals surface area contributed by atoms with Gasteiger partial charge in [0.05, 0.1) is 6.54 Å². The van der Waals surface area contributed by atoms with Crippen molar-refractivity contribution in [1.29, 1.82) is 0 Å². The number of amidine groups is 1. The van der Waals surface area contributed by atoms with E-state index >= 15 is 0 Å². The summed E-state index contributed by atoms with van der Waals surface area (Å²) in [4.78, 5) is 6.55. The van der Waals surface area contributed by atoms with Gasteiger partial charge in [-0.1, -0.05) is 6.92 Å². The summed E-state index contributed by atoms with van der Waals surface area (Å²) >= 11 is 0. The van der Waals surface area contributed by atoms with E-state index in [1.54, 1.807) is 0 Å². The van der Waals surface area contributed by atoms with Crippen LogP contribution in [0.4, 0.5) is 0 Å². The molecule has 0 aliphatic carbocycles. The van der Waals surface area contributed by atoms with Crippen molar-refractivity contribution >= 4 is 6.02 Å². The summed E-state index contributed by atoms with van der Waals surface area (Å²) in [5, 5.41) is 0. The number of rotatable bonds is 1. The third-order valence-electron chi connectivity index (χ3n) is 3.06. The minimum atomic E-state index is -0.0459. The van der Waals surface area contributed by atoms with Crippen molar-refractivity contribution in [2.45, 2.75) is 25.4 Å². The molecule has 0 aromatic carbocycles. The summed E-state index contributed by atoms with van der Waals surface area (Å²) in [5.41, 5.74) is 5.48. The highest BCUT2D eigenvalue weighted by molar-refractivity contribution is 5.73. The molecular weight excluding hydrogens is 166 g/mol. The fourth-order valence-corrected chi connectivity index (χ4v) is 2.05. The predicted molar refractivity (Wildman–Crippen MR) is 51.7 cm³/mol. The van der Waals surface area contributed by atoms with Crippen molar-refractivity contribution in [3.05, 3.63) is 0 Å². The predicted octanol–water partition coefficient (Wildman–Crippen LogP) is 0.186. The van der Waals surface area contributed by atoms with Crippen molar-refractivity contribution in [3.8, 4) is 0 Å². The Hall–Kier alpha value is -0.770. The average Bonchev–Trinajstić information content (AvgIpc) is 2.49. The molecule has 2 aliphatic heterocycles. The van der Waals surface area contributed by atoms with Crippen LogP contribution in [0.2, 0.25) is 0 Å². The van der Waals surface area contributed by atoms with Gasteiger partial charge in [-0.05, 0) is 6.54 Å². The van der Waals surface area contributed by atoms with Gasteiger partial charge in [0, 0.05) is 25.9 Å². The first kappa shape index (κ1) is 8.81. The highest BCUT2D eigenvalue weighted by Gasteiger charge is 2.39. The molecule has 0 unspecified atom stereocenters. The molecule has 0 atom stereocenters. The molecule has 1 saturated heterocycles. The molecule has 0 saturated carbocycles. The first-order valence-corrected chi connectivity index (χ1v) is 4.95. The van der Waals surface area contributed by atoms with Crippen molar-refractivity contribution in [1.82, 2.24) is 4.90 Å². The van der Waals surface area contributed by atoms with Gasteiger partial charge >= 0.3 is 0 Å². The zero-order chi connectivity index (χ0) is 9.31. The average molecular weight is 183 g/mol. The number of likely N-dealkylation sites (tertiary alicyclic amines) is 1. The summed E-state index contributed by atoms with van der Waals surface area (Å²) in [6, 6.07) is 0.380. The lowest BCUT2D eigenvalue weighted by Gasteiger charge is -2.37. The molecule has 74 valence electrons. The van der Waals surface area contributed by atoms with Crippen LogP contribution >= 0.6 is 0 Å². The molecule has 0 radical (unpaired) electrons. The zero-order valence-corrected chi connectivity index (χ0v) is 8.12. The first-order valence-electron chi connectivity index (χ1n) is 4.95. The molecule has 2 N–H and O–H groups in total. The monoisotopic (exact) mass is 183 g/mol. The third kappa shape index (κ3) is 1.63. The van der Waals surface area contributed by atoms with E-state index in [-0.39, 0.29) is 5.60 Å². The van der Waals surface area contributed by atoms with Gasteiger partial charge < -0.3 is 15.4 Å². The topological polar surface area (TPSA) is 50.8 Å². The maximum Gasteiger partial charge on any atom is 0.282 e. The highest BCUT2D eigenvalue weighted by Crippen LogP contribution is 2.29. The Kier molecular flexibility index (Phi) is 2.15. The molecule has 1 fully saturated rings. The standard InChI is InChI=1S/C9H17N3O/c1-2-12-5-3-9(4-6-12)7-11-8(10)13-9/h2-7H2,1H3,(H2,10,11). The van der Waals surface area contributed by atoms with Crippen LogP contribution in [0.1, 0.15) is 19.8 Å². The maximum atomic E-state index is 5.58. The van der Waals surface area contributed by atoms with E-state index in [1.807, 2.05) is 0 Å². The number of nitrogens with zero attached hydrogens (tertiary/aromatic N) is 2. The van der Waals surface area contributed by atoms with E-state index in [2.05, 4.69) is 16.8 Å². The third-order valence-corrected chi connectivity index (χ3v) is 3.06. The summed E-state index contributed by atoms with van der Waals surface area (Å²) in [6.45, 7) is 6.31. The van der Waals surface area contributed by atoms with Crippen LogP contribution in [0, 0.1) is 0 Å². The second-order valence-corrected chi connectivity index (χ2v) is 3.87. The van der Waals surface area contributed by atoms with Crippen molar-refractivity contribution in [2.24, 2.45) is 10.7 Å². The highest BCUT2D eigenvalue weighted by atomic mass is 16.5. The Bertz CT molecular complexity index is 219. The van der Waals surface area contributed by atoms with Crippen LogP contribution in [0.15, 0.2) is 4.99 Å². The van der Waals surface area contributed by atoms with Gasteiger partial charge in [-0.25, -0.2) is 4.99 Å². The quantitative estimate of drug-likeness (QED) is 0.631. The van der Waals surface area contributed by atoms with E-state index in [0.29, 0.717) is 6.02 Å². The van der Waals surface area contributed by atoms with E-state index in [9.17, 15) is 0 Å². The van der Waals surface area contributed by atoms with Gasteiger partial charge in [0.2, 0.25) is 0 Å². The van der Waals surface area contributed by atoms with Gasteiger partial charge in [0.25, 0.3) is 6.02 Å². The maximum absolute atomic E-state index is 5.58. The zero-order valence-electron chi connectivity index (χ0n) is 8.12. The van der Waals surface area contributed by atoms with Crippen LogP contribution < -0.4 is 5.73 Å². The van der Waals surface area contributed by atoms with E-state index in [4.69, 9.17) is 10.5 Å². The van der Waals surface area contributed by atoms with Crippen LogP contribution in [0.3, 0.4) is 0 Å². The molecule has 2 aliphatic rings. The molecule has 0 aromatic heterocycles. The van der Waals surface area contributed by atoms with Gasteiger partial charge in [-0.15, -0.1) is 0 Å². The Morgan fingerprint density at radius 2 is 2.23 bits per heavy atom. The molecule has 2 rings (SSSR count). The summed E-state index contributed by atoms with van der Waals surface area (Å²) in [5.74, 6) is 0. The van der Waals surface area contributed by atoms with Gasteiger partial charge in [-0.2, -0.15) is 0 Å². The number of piperidine rings is 1. The normalized spacial score (nSPS) is 27.3. The molecule has 1 spiro atoms. The van der Waals surface area contributed by atoms with Crippen molar-refractivity contribution < 1.29 is 4.74 Å². The molecule has 13 heavy (non-hydrogen) atoms. The van der Waals surface area contributed by atoms with Gasteiger partial charge in [0.1, 0.15) is 5.60 Å². The number of hydrogen-bond donors (Lipinski definition) is 1. The number of hydrogen-bond acceptors (Lipinski definition) is 4. The van der Waals surface area contributed by atoms with E-state index in [1.165, 1.54) is 0 Å². The van der Waals surface area contributed by atoms with Crippen LogP contribution in [-0.2, 0) is 4.74 Å². The van der Waals surface area contributed by atoms with Crippen LogP contribution in [0.5, 0.6) is 0 Å². The van der Waals surface area contributed by atoms with Crippen LogP contribution in [-0.4, -0.2) is 42.7 Å². The first-order chi connectivity index (χ1) is 6.24. The van der Waals surface area contributed by atoms with Gasteiger partial charge in [0.15, 0.2) is 0 Å². The number of aliphatic imine (C=N–C) groups is 1. The minimum absolute atomic E-state index is 0.0459. The van der Waals surface area contributed by atoms with E-state index < -0.39 is 0 Å². The van der Waals surface area contributed by atoms with Crippen molar-refractivity contribution in [3.63, 3.8) is 0 Å². The minimum Gasteiger partial charge on any atom is -0.457 e. The Labute approximate surface area is 78.8 Å². The summed E-state index contributed by atoms with van der Waals surface area (Å²) in [6.07, 6.45) is 2.12. The SMILES string of the molecule is CCN1CCC2(CC1)CN=C(N)O2. The fourth-order valence-electron chi connectivity index (χ4n) is 2.05. The molecule has 0 aromatic rings. The fraction of sp³-hybridized carbons (Fsp3) is 0.889. The smallest absolute Gasteiger partial charge is 0.282 e. The summed E-state index contributed by atoms with van der Waals surface area (Å²) in [7, 11) is 0. The lowest BCUT2D eigenvalue weighted by atomic mass is 9.92. The number of ether oxygens (including phenoxy) is 1. The lowest BCUT2D eigenvalue weighted by Crippen LogP contribution is -2.46. The molecule has 4 heteroatoms. The second kappa shape index (κ2) is 3.18. The Balaban J connectivity index is 1.91. The Morgan fingerprint density at radius 3 is 2.69 bits per heavy atom. The summed E-state index contributed by atoms with van der Waals surface area (Å²) < 4.78 is 5.58. The number of nitrogens with two attached hydrogens (primary N) is 1. The largest absolute Gasteiger partial charge is 0.457 e. The molecule has 2 heterocycles. The Morgan fingerprint density at radius 1 is 1.54 bits per heavy atom. The molecular formula is C9H17N3O. The molecule has 0 bridgehead atoms.